The summed E-state index contributed by atoms with van der Waals surface area (Å²) < 4.78 is 0. The third kappa shape index (κ3) is 2.08. The molecule has 0 aromatic carbocycles. The van der Waals surface area contributed by atoms with Crippen LogP contribution in [0, 0.1) is 5.92 Å². The number of nitrogens with zero attached hydrogens (tertiary/aromatic N) is 1. The highest BCUT2D eigenvalue weighted by Crippen LogP contribution is 2.29. The van der Waals surface area contributed by atoms with Crippen LogP contribution in [0.2, 0.25) is 0 Å². The summed E-state index contributed by atoms with van der Waals surface area (Å²) in [5.74, 6) is 0.166. The predicted octanol–water partition coefficient (Wildman–Crippen LogP) is 1.73. The van der Waals surface area contributed by atoms with Crippen LogP contribution < -0.4 is 0 Å². The Hall–Kier alpha value is -0.570. The zero-order valence-corrected chi connectivity index (χ0v) is 8.61. The van der Waals surface area contributed by atoms with E-state index in [1.165, 1.54) is 25.7 Å². The molecule has 0 aromatic heterocycles. The number of carboxylic acid groups (broad SMARTS) is 1. The first-order chi connectivity index (χ1) is 6.77. The minimum atomic E-state index is -0.621. The minimum Gasteiger partial charge on any atom is -0.480 e. The van der Waals surface area contributed by atoms with Crippen molar-refractivity contribution in [1.82, 2.24) is 4.90 Å². The van der Waals surface area contributed by atoms with Crippen LogP contribution in [0.4, 0.5) is 0 Å². The first-order valence-corrected chi connectivity index (χ1v) is 5.74. The molecule has 1 aliphatic heterocycles. The van der Waals surface area contributed by atoms with E-state index in [9.17, 15) is 4.79 Å². The van der Waals surface area contributed by atoms with Crippen molar-refractivity contribution in [3.8, 4) is 0 Å². The van der Waals surface area contributed by atoms with Crippen molar-refractivity contribution in [2.75, 3.05) is 13.1 Å². The molecule has 0 radical (unpaired) electrons. The lowest BCUT2D eigenvalue weighted by molar-refractivity contribution is -0.145. The Morgan fingerprint density at radius 1 is 1.21 bits per heavy atom. The van der Waals surface area contributed by atoms with E-state index < -0.39 is 5.97 Å². The Labute approximate surface area is 85.1 Å². The number of hydrogen-bond donors (Lipinski definition) is 1. The van der Waals surface area contributed by atoms with Crippen LogP contribution >= 0.6 is 0 Å². The largest absolute Gasteiger partial charge is 0.480 e. The lowest BCUT2D eigenvalue weighted by Crippen LogP contribution is -2.47. The number of carbonyl (C=O) groups is 1. The zero-order chi connectivity index (χ0) is 9.97. The van der Waals surface area contributed by atoms with Gasteiger partial charge >= 0.3 is 5.97 Å². The van der Waals surface area contributed by atoms with Gasteiger partial charge in [0.2, 0.25) is 0 Å². The van der Waals surface area contributed by atoms with E-state index in [1.54, 1.807) is 0 Å². The van der Waals surface area contributed by atoms with E-state index in [-0.39, 0.29) is 6.04 Å². The molecule has 0 spiro atoms. The first-order valence-electron chi connectivity index (χ1n) is 5.74. The number of aliphatic carboxylic acids is 1. The van der Waals surface area contributed by atoms with Gasteiger partial charge in [-0.2, -0.15) is 0 Å². The van der Waals surface area contributed by atoms with Crippen molar-refractivity contribution in [1.29, 1.82) is 0 Å². The third-order valence-corrected chi connectivity index (χ3v) is 3.62. The summed E-state index contributed by atoms with van der Waals surface area (Å²) in [4.78, 5) is 13.2. The Bertz CT molecular complexity index is 213. The van der Waals surface area contributed by atoms with Gasteiger partial charge in [-0.25, -0.2) is 0 Å². The van der Waals surface area contributed by atoms with Crippen molar-refractivity contribution in [2.45, 2.75) is 44.6 Å². The quantitative estimate of drug-likeness (QED) is 0.749. The summed E-state index contributed by atoms with van der Waals surface area (Å²) in [6.07, 6.45) is 7.07. The molecule has 80 valence electrons. The molecule has 3 nitrogen and oxygen atoms in total. The normalized spacial score (nSPS) is 29.9. The zero-order valence-electron chi connectivity index (χ0n) is 8.61. The number of carboxylic acids is 1. The minimum absolute atomic E-state index is 0.190. The fourth-order valence-corrected chi connectivity index (χ4v) is 2.50. The molecular formula is C11H19NO2. The lowest BCUT2D eigenvalue weighted by Gasteiger charge is -2.38. The molecule has 1 saturated carbocycles. The smallest absolute Gasteiger partial charge is 0.320 e. The fraction of sp³-hybridized carbons (Fsp3) is 0.909. The molecule has 1 aliphatic carbocycles. The Balaban J connectivity index is 1.88. The molecule has 2 aliphatic rings. The second kappa shape index (κ2) is 4.30. The fourth-order valence-electron chi connectivity index (χ4n) is 2.50. The Kier molecular flexibility index (Phi) is 3.06. The van der Waals surface area contributed by atoms with Crippen LogP contribution in [0.3, 0.4) is 0 Å². The SMILES string of the molecule is O=C(O)C1CCCCN1CC1CCC1. The molecule has 14 heavy (non-hydrogen) atoms. The van der Waals surface area contributed by atoms with Gasteiger partial charge in [0.15, 0.2) is 0 Å². The molecule has 1 N–H and O–H groups in total. The van der Waals surface area contributed by atoms with E-state index in [1.807, 2.05) is 0 Å². The van der Waals surface area contributed by atoms with Crippen LogP contribution in [-0.2, 0) is 4.79 Å². The molecule has 3 heteroatoms. The second-order valence-electron chi connectivity index (χ2n) is 4.64. The summed E-state index contributed by atoms with van der Waals surface area (Å²) >= 11 is 0. The monoisotopic (exact) mass is 197 g/mol. The average Bonchev–Trinajstić information content (AvgIpc) is 2.12. The van der Waals surface area contributed by atoms with E-state index in [4.69, 9.17) is 5.11 Å². The third-order valence-electron chi connectivity index (χ3n) is 3.62. The molecule has 1 unspecified atom stereocenters. The molecule has 2 rings (SSSR count). The van der Waals surface area contributed by atoms with Gasteiger partial charge in [-0.15, -0.1) is 0 Å². The number of hydrogen-bond acceptors (Lipinski definition) is 2. The van der Waals surface area contributed by atoms with Crippen LogP contribution in [0.15, 0.2) is 0 Å². The van der Waals surface area contributed by atoms with Gasteiger partial charge in [0.05, 0.1) is 0 Å². The van der Waals surface area contributed by atoms with Crippen LogP contribution in [0.1, 0.15) is 38.5 Å². The lowest BCUT2D eigenvalue weighted by atomic mass is 9.84. The molecule has 2 fully saturated rings. The maximum atomic E-state index is 11.0. The molecule has 1 saturated heterocycles. The van der Waals surface area contributed by atoms with E-state index in [0.29, 0.717) is 0 Å². The van der Waals surface area contributed by atoms with Gasteiger partial charge in [-0.05, 0) is 38.1 Å². The van der Waals surface area contributed by atoms with Crippen molar-refractivity contribution >= 4 is 5.97 Å². The maximum absolute atomic E-state index is 11.0. The van der Waals surface area contributed by atoms with Crippen LogP contribution in [0.25, 0.3) is 0 Å². The molecule has 1 atom stereocenters. The Morgan fingerprint density at radius 3 is 2.57 bits per heavy atom. The molecule has 1 heterocycles. The van der Waals surface area contributed by atoms with Crippen molar-refractivity contribution in [3.63, 3.8) is 0 Å². The summed E-state index contributed by atoms with van der Waals surface area (Å²) in [6, 6.07) is -0.190. The van der Waals surface area contributed by atoms with Gasteiger partial charge in [0.25, 0.3) is 0 Å². The number of piperidine rings is 1. The molecule has 0 amide bonds. The van der Waals surface area contributed by atoms with Crippen molar-refractivity contribution in [2.24, 2.45) is 5.92 Å². The standard InChI is InChI=1S/C11H19NO2/c13-11(14)10-6-1-2-7-12(10)8-9-4-3-5-9/h9-10H,1-8H2,(H,13,14). The van der Waals surface area contributed by atoms with Gasteiger partial charge in [-0.3, -0.25) is 9.69 Å². The van der Waals surface area contributed by atoms with E-state index >= 15 is 0 Å². The maximum Gasteiger partial charge on any atom is 0.320 e. The predicted molar refractivity (Wildman–Crippen MR) is 54.2 cm³/mol. The van der Waals surface area contributed by atoms with Gasteiger partial charge in [0.1, 0.15) is 6.04 Å². The summed E-state index contributed by atoms with van der Waals surface area (Å²) in [5, 5.41) is 9.07. The van der Waals surface area contributed by atoms with Crippen molar-refractivity contribution < 1.29 is 9.90 Å². The highest BCUT2D eigenvalue weighted by Gasteiger charge is 2.31. The topological polar surface area (TPSA) is 40.5 Å². The Morgan fingerprint density at radius 2 is 2.00 bits per heavy atom. The summed E-state index contributed by atoms with van der Waals surface area (Å²) in [6.45, 7) is 2.02. The highest BCUT2D eigenvalue weighted by molar-refractivity contribution is 5.73. The van der Waals surface area contributed by atoms with E-state index in [0.717, 1.165) is 31.8 Å². The van der Waals surface area contributed by atoms with Gasteiger partial charge < -0.3 is 5.11 Å². The summed E-state index contributed by atoms with van der Waals surface area (Å²) in [7, 11) is 0. The number of rotatable bonds is 3. The second-order valence-corrected chi connectivity index (χ2v) is 4.64. The number of likely N-dealkylation sites (tertiary alicyclic amines) is 1. The van der Waals surface area contributed by atoms with Crippen LogP contribution in [0.5, 0.6) is 0 Å². The molecule has 0 bridgehead atoms. The van der Waals surface area contributed by atoms with Gasteiger partial charge in [-0.1, -0.05) is 12.8 Å². The van der Waals surface area contributed by atoms with Gasteiger partial charge in [0, 0.05) is 6.54 Å². The molecule has 0 aromatic rings. The summed E-state index contributed by atoms with van der Waals surface area (Å²) in [5.41, 5.74) is 0. The van der Waals surface area contributed by atoms with Crippen LogP contribution in [-0.4, -0.2) is 35.1 Å². The van der Waals surface area contributed by atoms with Crippen molar-refractivity contribution in [3.05, 3.63) is 0 Å². The molecular weight excluding hydrogens is 178 g/mol. The highest BCUT2D eigenvalue weighted by atomic mass is 16.4. The average molecular weight is 197 g/mol. The van der Waals surface area contributed by atoms with E-state index in [2.05, 4.69) is 4.90 Å². The first kappa shape index (κ1) is 9.97.